The number of hydrogen-bond donors (Lipinski definition) is 3. The largest absolute Gasteiger partial charge is 0.387 e. The fraction of sp³-hybridized carbons (Fsp3) is 0.381. The van der Waals surface area contributed by atoms with Crippen LogP contribution in [-0.2, 0) is 10.4 Å². The number of hydrogen-bond acceptors (Lipinski definition) is 4. The molecule has 0 unspecified atom stereocenters. The summed E-state index contributed by atoms with van der Waals surface area (Å²) in [6.45, 7) is 3.22. The maximum Gasteiger partial charge on any atom is 0.221 e. The summed E-state index contributed by atoms with van der Waals surface area (Å²) >= 11 is 0. The lowest BCUT2D eigenvalue weighted by Crippen LogP contribution is -2.43. The first-order valence-corrected chi connectivity index (χ1v) is 9.12. The van der Waals surface area contributed by atoms with E-state index in [9.17, 15) is 19.4 Å². The first-order valence-electron chi connectivity index (χ1n) is 9.12. The number of nitrogens with one attached hydrogen (secondary N) is 1. The summed E-state index contributed by atoms with van der Waals surface area (Å²) in [5.41, 5.74) is 1.26. The van der Waals surface area contributed by atoms with Gasteiger partial charge < -0.3 is 20.4 Å². The molecule has 144 valence electrons. The minimum absolute atomic E-state index is 0.134. The topological polar surface area (TPSA) is 72.8 Å². The molecule has 0 bridgehead atoms. The highest BCUT2D eigenvalue weighted by atomic mass is 19.1. The summed E-state index contributed by atoms with van der Waals surface area (Å²) in [6.07, 6.45) is 0.424. The number of halogens is 1. The van der Waals surface area contributed by atoms with Crippen LogP contribution in [0.4, 0.5) is 10.1 Å². The summed E-state index contributed by atoms with van der Waals surface area (Å²) in [5.74, 6) is -0.447. The van der Waals surface area contributed by atoms with Crippen molar-refractivity contribution in [3.63, 3.8) is 0 Å². The van der Waals surface area contributed by atoms with Crippen molar-refractivity contribution in [2.45, 2.75) is 31.5 Å². The van der Waals surface area contributed by atoms with Crippen LogP contribution in [0.2, 0.25) is 0 Å². The highest BCUT2D eigenvalue weighted by Crippen LogP contribution is 2.33. The number of amides is 1. The number of likely N-dealkylation sites (tertiary alicyclic amines) is 1. The van der Waals surface area contributed by atoms with Gasteiger partial charge in [-0.25, -0.2) is 4.39 Å². The van der Waals surface area contributed by atoms with Crippen LogP contribution in [0.3, 0.4) is 0 Å². The van der Waals surface area contributed by atoms with E-state index in [-0.39, 0.29) is 11.7 Å². The average Bonchev–Trinajstić information content (AvgIpc) is 2.64. The monoisotopic (exact) mass is 372 g/mol. The standard InChI is InChI=1S/C21H25FN2O3/c1-15(25)23-19-8-2-16(3-9-19)20(26)14-24-12-10-21(27,11-13-24)17-4-6-18(22)7-5-17/h2-9,20,26-27H,10-14H2,1H3,(H,23,25)/t20-/m1/s1. The molecule has 0 spiro atoms. The van der Waals surface area contributed by atoms with E-state index in [1.165, 1.54) is 19.1 Å². The fourth-order valence-corrected chi connectivity index (χ4v) is 3.50. The molecular weight excluding hydrogens is 347 g/mol. The Kier molecular flexibility index (Phi) is 5.89. The zero-order valence-corrected chi connectivity index (χ0v) is 15.4. The molecule has 1 atom stereocenters. The van der Waals surface area contributed by atoms with Crippen LogP contribution in [0, 0.1) is 5.82 Å². The van der Waals surface area contributed by atoms with Crippen molar-refractivity contribution in [2.24, 2.45) is 0 Å². The van der Waals surface area contributed by atoms with Crippen LogP contribution in [-0.4, -0.2) is 40.7 Å². The van der Waals surface area contributed by atoms with Crippen LogP contribution in [0.25, 0.3) is 0 Å². The molecule has 1 aliphatic heterocycles. The number of carbonyl (C=O) groups is 1. The molecule has 0 radical (unpaired) electrons. The summed E-state index contributed by atoms with van der Waals surface area (Å²) in [5, 5.41) is 24.0. The van der Waals surface area contributed by atoms with E-state index in [1.54, 1.807) is 36.4 Å². The highest BCUT2D eigenvalue weighted by molar-refractivity contribution is 5.88. The number of anilines is 1. The molecule has 1 amide bonds. The molecule has 2 aromatic carbocycles. The number of aliphatic hydroxyl groups is 2. The minimum atomic E-state index is -0.949. The maximum atomic E-state index is 13.1. The van der Waals surface area contributed by atoms with Gasteiger partial charge in [0.1, 0.15) is 5.82 Å². The van der Waals surface area contributed by atoms with Crippen LogP contribution >= 0.6 is 0 Å². The third-order valence-corrected chi connectivity index (χ3v) is 5.11. The van der Waals surface area contributed by atoms with E-state index in [1.807, 2.05) is 0 Å². The molecule has 1 aliphatic rings. The maximum absolute atomic E-state index is 13.1. The Morgan fingerprint density at radius 1 is 1.15 bits per heavy atom. The molecule has 3 rings (SSSR count). The Morgan fingerprint density at radius 3 is 2.30 bits per heavy atom. The van der Waals surface area contributed by atoms with Crippen LogP contribution in [0.1, 0.15) is 37.0 Å². The molecule has 3 N–H and O–H groups in total. The van der Waals surface area contributed by atoms with Gasteiger partial charge in [-0.2, -0.15) is 0 Å². The summed E-state index contributed by atoms with van der Waals surface area (Å²) in [7, 11) is 0. The van der Waals surface area contributed by atoms with Gasteiger partial charge in [-0.1, -0.05) is 24.3 Å². The zero-order valence-electron chi connectivity index (χ0n) is 15.4. The second-order valence-corrected chi connectivity index (χ2v) is 7.16. The van der Waals surface area contributed by atoms with Crippen molar-refractivity contribution >= 4 is 11.6 Å². The lowest BCUT2D eigenvalue weighted by molar-refractivity contribution is -0.114. The number of nitrogens with zero attached hydrogens (tertiary/aromatic N) is 1. The van der Waals surface area contributed by atoms with E-state index in [4.69, 9.17) is 0 Å². The lowest BCUT2D eigenvalue weighted by atomic mass is 9.84. The predicted octanol–water partition coefficient (Wildman–Crippen LogP) is 2.80. The smallest absolute Gasteiger partial charge is 0.221 e. The van der Waals surface area contributed by atoms with E-state index in [0.717, 1.165) is 11.1 Å². The van der Waals surface area contributed by atoms with Crippen molar-refractivity contribution in [3.8, 4) is 0 Å². The summed E-state index contributed by atoms with van der Waals surface area (Å²) in [6, 6.07) is 13.1. The predicted molar refractivity (Wildman–Crippen MR) is 102 cm³/mol. The molecule has 27 heavy (non-hydrogen) atoms. The fourth-order valence-electron chi connectivity index (χ4n) is 3.50. The van der Waals surface area contributed by atoms with E-state index in [2.05, 4.69) is 10.2 Å². The number of aliphatic hydroxyl groups excluding tert-OH is 1. The van der Waals surface area contributed by atoms with Gasteiger partial charge in [0.25, 0.3) is 0 Å². The molecular formula is C21H25FN2O3. The third-order valence-electron chi connectivity index (χ3n) is 5.11. The van der Waals surface area contributed by atoms with Gasteiger partial charge in [-0.3, -0.25) is 4.79 Å². The Labute approximate surface area is 158 Å². The van der Waals surface area contributed by atoms with Crippen LogP contribution < -0.4 is 5.32 Å². The molecule has 1 fully saturated rings. The van der Waals surface area contributed by atoms with Crippen molar-refractivity contribution in [2.75, 3.05) is 25.0 Å². The van der Waals surface area contributed by atoms with Gasteiger partial charge in [0.2, 0.25) is 5.91 Å². The van der Waals surface area contributed by atoms with Crippen molar-refractivity contribution in [1.29, 1.82) is 0 Å². The van der Waals surface area contributed by atoms with Gasteiger partial charge in [0, 0.05) is 32.2 Å². The second-order valence-electron chi connectivity index (χ2n) is 7.16. The van der Waals surface area contributed by atoms with Crippen molar-refractivity contribution in [3.05, 3.63) is 65.5 Å². The van der Waals surface area contributed by atoms with Gasteiger partial charge in [-0.15, -0.1) is 0 Å². The summed E-state index contributed by atoms with van der Waals surface area (Å²) in [4.78, 5) is 13.2. The number of β-amino-alcohol motifs (C(OH)–C–C–N with tert-alkyl or cyclic N) is 1. The zero-order chi connectivity index (χ0) is 19.4. The number of rotatable bonds is 5. The summed E-state index contributed by atoms with van der Waals surface area (Å²) < 4.78 is 13.1. The SMILES string of the molecule is CC(=O)Nc1ccc([C@H](O)CN2CCC(O)(c3ccc(F)cc3)CC2)cc1. The Morgan fingerprint density at radius 2 is 1.74 bits per heavy atom. The van der Waals surface area contributed by atoms with Crippen LogP contribution in [0.5, 0.6) is 0 Å². The minimum Gasteiger partial charge on any atom is -0.387 e. The van der Waals surface area contributed by atoms with Crippen LogP contribution in [0.15, 0.2) is 48.5 Å². The van der Waals surface area contributed by atoms with E-state index >= 15 is 0 Å². The molecule has 0 aromatic heterocycles. The Balaban J connectivity index is 1.55. The lowest BCUT2D eigenvalue weighted by Gasteiger charge is -2.39. The third kappa shape index (κ3) is 4.91. The van der Waals surface area contributed by atoms with Crippen molar-refractivity contribution < 1.29 is 19.4 Å². The molecule has 0 saturated carbocycles. The quantitative estimate of drug-likeness (QED) is 0.755. The normalized spacial score (nSPS) is 18.1. The van der Waals surface area contributed by atoms with Gasteiger partial charge in [0.05, 0.1) is 11.7 Å². The average molecular weight is 372 g/mol. The van der Waals surface area contributed by atoms with Gasteiger partial charge in [-0.05, 0) is 48.2 Å². The van der Waals surface area contributed by atoms with Gasteiger partial charge >= 0.3 is 0 Å². The number of carbonyl (C=O) groups excluding carboxylic acids is 1. The number of benzene rings is 2. The van der Waals surface area contributed by atoms with E-state index in [0.29, 0.717) is 38.2 Å². The molecule has 0 aliphatic carbocycles. The molecule has 2 aromatic rings. The second kappa shape index (κ2) is 8.17. The molecule has 6 heteroatoms. The van der Waals surface area contributed by atoms with E-state index < -0.39 is 11.7 Å². The Bertz CT molecular complexity index is 769. The molecule has 1 saturated heterocycles. The molecule has 5 nitrogen and oxygen atoms in total. The first kappa shape index (κ1) is 19.5. The first-order chi connectivity index (χ1) is 12.9. The molecule has 1 heterocycles. The highest BCUT2D eigenvalue weighted by Gasteiger charge is 2.34. The Hall–Kier alpha value is -2.28. The number of piperidine rings is 1. The van der Waals surface area contributed by atoms with Gasteiger partial charge in [0.15, 0.2) is 0 Å². The van der Waals surface area contributed by atoms with Crippen molar-refractivity contribution in [1.82, 2.24) is 4.90 Å².